The lowest BCUT2D eigenvalue weighted by Gasteiger charge is -2.28. The molecule has 4 aromatic rings. The summed E-state index contributed by atoms with van der Waals surface area (Å²) in [6.07, 6.45) is 13.1. The molecule has 1 aromatic carbocycles. The third kappa shape index (κ3) is 4.65. The normalized spacial score (nSPS) is 24.6. The summed E-state index contributed by atoms with van der Waals surface area (Å²) >= 11 is 0. The van der Waals surface area contributed by atoms with E-state index in [0.29, 0.717) is 0 Å². The highest BCUT2D eigenvalue weighted by atomic mass is 16.5. The molecule has 7 nitrogen and oxygen atoms in total. The van der Waals surface area contributed by atoms with Crippen molar-refractivity contribution in [2.24, 2.45) is 0 Å². The molecule has 0 N–H and O–H groups in total. The molecule has 3 aromatic heterocycles. The van der Waals surface area contributed by atoms with Crippen molar-refractivity contribution in [1.82, 2.24) is 24.5 Å². The number of rotatable bonds is 4. The molecule has 7 heteroatoms. The van der Waals surface area contributed by atoms with Gasteiger partial charge in [0.2, 0.25) is 0 Å². The van der Waals surface area contributed by atoms with E-state index in [0.717, 1.165) is 107 Å². The summed E-state index contributed by atoms with van der Waals surface area (Å²) < 4.78 is 17.3. The molecule has 232 valence electrons. The maximum Gasteiger partial charge on any atom is 0.150 e. The summed E-state index contributed by atoms with van der Waals surface area (Å²) in [5, 5.41) is 13.1. The van der Waals surface area contributed by atoms with Crippen LogP contribution >= 0.6 is 0 Å². The van der Waals surface area contributed by atoms with Gasteiger partial charge in [0, 0.05) is 40.6 Å². The third-order valence-electron chi connectivity index (χ3n) is 10.8. The van der Waals surface area contributed by atoms with E-state index in [1.54, 1.807) is 0 Å². The first-order valence-corrected chi connectivity index (χ1v) is 17.2. The Labute approximate surface area is 261 Å². The van der Waals surface area contributed by atoms with Gasteiger partial charge in [-0.2, -0.15) is 10.2 Å². The molecule has 0 saturated carbocycles. The van der Waals surface area contributed by atoms with E-state index in [2.05, 4.69) is 67.4 Å². The van der Waals surface area contributed by atoms with Gasteiger partial charge < -0.3 is 9.47 Å². The molecular weight excluding hydrogens is 546 g/mol. The van der Waals surface area contributed by atoms with Crippen LogP contribution in [0.2, 0.25) is 0 Å². The molecule has 2 atom stereocenters. The number of hydrogen-bond donors (Lipinski definition) is 0. The summed E-state index contributed by atoms with van der Waals surface area (Å²) in [6, 6.07) is 11.1. The van der Waals surface area contributed by atoms with Crippen LogP contribution in [-0.2, 0) is 33.1 Å². The van der Waals surface area contributed by atoms with Gasteiger partial charge in [0.05, 0.1) is 34.2 Å². The fourth-order valence-corrected chi connectivity index (χ4v) is 8.42. The van der Waals surface area contributed by atoms with E-state index in [1.165, 1.54) is 39.7 Å². The van der Waals surface area contributed by atoms with Gasteiger partial charge in [0.1, 0.15) is 0 Å². The summed E-state index contributed by atoms with van der Waals surface area (Å²) in [5.74, 6) is 0. The van der Waals surface area contributed by atoms with E-state index >= 15 is 0 Å². The quantitative estimate of drug-likeness (QED) is 0.237. The maximum atomic E-state index is 6.42. The van der Waals surface area contributed by atoms with Crippen LogP contribution < -0.4 is 0 Å². The Morgan fingerprint density at radius 1 is 0.705 bits per heavy atom. The second kappa shape index (κ2) is 10.8. The number of aromatic nitrogens is 5. The Kier molecular flexibility index (Phi) is 6.98. The number of benzene rings is 1. The lowest BCUT2D eigenvalue weighted by atomic mass is 9.75. The van der Waals surface area contributed by atoms with Crippen LogP contribution in [-0.4, -0.2) is 37.8 Å². The van der Waals surface area contributed by atoms with Crippen molar-refractivity contribution in [1.29, 1.82) is 0 Å². The van der Waals surface area contributed by atoms with Gasteiger partial charge in [-0.1, -0.05) is 52.0 Å². The Balaban J connectivity index is 1.40. The number of fused-ring (bicyclic) bond motifs is 3. The molecule has 0 bridgehead atoms. The van der Waals surface area contributed by atoms with E-state index < -0.39 is 0 Å². The molecule has 0 spiro atoms. The molecule has 2 saturated heterocycles. The third-order valence-corrected chi connectivity index (χ3v) is 10.8. The zero-order valence-corrected chi connectivity index (χ0v) is 27.0. The van der Waals surface area contributed by atoms with Crippen molar-refractivity contribution in [2.45, 2.75) is 128 Å². The second-order valence-electron chi connectivity index (χ2n) is 14.9. The van der Waals surface area contributed by atoms with Crippen LogP contribution in [0.5, 0.6) is 0 Å². The van der Waals surface area contributed by atoms with Crippen molar-refractivity contribution in [3.05, 3.63) is 52.8 Å². The molecule has 0 amide bonds. The highest BCUT2D eigenvalue weighted by molar-refractivity contribution is 5.97. The summed E-state index contributed by atoms with van der Waals surface area (Å²) in [7, 11) is 0. The van der Waals surface area contributed by atoms with Gasteiger partial charge in [0.25, 0.3) is 0 Å². The van der Waals surface area contributed by atoms with Crippen LogP contribution in [0.1, 0.15) is 127 Å². The molecule has 2 fully saturated rings. The Morgan fingerprint density at radius 3 is 1.86 bits per heavy atom. The van der Waals surface area contributed by atoms with E-state index in [4.69, 9.17) is 24.7 Å². The maximum absolute atomic E-state index is 6.42. The number of nitrogens with zero attached hydrogens (tertiary/aromatic N) is 5. The lowest BCUT2D eigenvalue weighted by Crippen LogP contribution is -2.24. The largest absolute Gasteiger partial charge is 0.356 e. The topological polar surface area (TPSA) is 67.0 Å². The van der Waals surface area contributed by atoms with Gasteiger partial charge in [-0.15, -0.1) is 0 Å². The fourth-order valence-electron chi connectivity index (χ4n) is 8.42. The van der Waals surface area contributed by atoms with Crippen molar-refractivity contribution in [3.63, 3.8) is 0 Å². The smallest absolute Gasteiger partial charge is 0.150 e. The highest BCUT2D eigenvalue weighted by Crippen LogP contribution is 2.46. The average Bonchev–Trinajstić information content (AvgIpc) is 3.63. The molecule has 44 heavy (non-hydrogen) atoms. The van der Waals surface area contributed by atoms with Crippen LogP contribution in [0.3, 0.4) is 0 Å². The predicted molar refractivity (Wildman–Crippen MR) is 174 cm³/mol. The standard InChI is InChI=1S/C37H47N5O2/c1-36(2)19-11-15-26-32(41(39-34(26)36)29-17-7-9-21-43-29)28-23-24-13-5-6-14-25(24)31(38-28)33-27-16-12-20-37(3,4)35(27)40-42(33)30-18-8-10-22-44-30/h5-6,13-14,23,29-30H,7-12,15-22H2,1-4H3. The first kappa shape index (κ1) is 28.4. The monoisotopic (exact) mass is 593 g/mol. The highest BCUT2D eigenvalue weighted by Gasteiger charge is 2.39. The number of pyridine rings is 1. The Morgan fingerprint density at radius 2 is 1.27 bits per heavy atom. The Hall–Kier alpha value is -3.03. The van der Waals surface area contributed by atoms with Crippen LogP contribution in [0.4, 0.5) is 0 Å². The summed E-state index contributed by atoms with van der Waals surface area (Å²) in [4.78, 5) is 5.68. The minimum absolute atomic E-state index is 0.0251. The van der Waals surface area contributed by atoms with Crippen LogP contribution in [0, 0.1) is 0 Å². The van der Waals surface area contributed by atoms with E-state index in [1.807, 2.05) is 0 Å². The second-order valence-corrected chi connectivity index (χ2v) is 14.9. The average molecular weight is 594 g/mol. The van der Waals surface area contributed by atoms with Gasteiger partial charge in [-0.05, 0) is 88.5 Å². The van der Waals surface area contributed by atoms with Gasteiger partial charge in [0.15, 0.2) is 12.5 Å². The van der Waals surface area contributed by atoms with Crippen molar-refractivity contribution in [2.75, 3.05) is 13.2 Å². The zero-order valence-electron chi connectivity index (χ0n) is 27.0. The van der Waals surface area contributed by atoms with Crippen molar-refractivity contribution >= 4 is 10.8 Å². The fraction of sp³-hybridized carbons (Fsp3) is 0.595. The first-order valence-electron chi connectivity index (χ1n) is 17.2. The van der Waals surface area contributed by atoms with Crippen molar-refractivity contribution in [3.8, 4) is 22.8 Å². The number of ether oxygens (including phenoxy) is 2. The molecule has 2 aliphatic heterocycles. The SMILES string of the molecule is CC1(C)CCCc2c1nn(C1CCCCO1)c2-c1cc2ccccc2c(-c2c3c(nn2C2CCCCO2)C(C)(C)CCC3)n1. The molecule has 2 unspecified atom stereocenters. The minimum atomic E-state index is -0.0564. The molecule has 5 heterocycles. The van der Waals surface area contributed by atoms with Crippen molar-refractivity contribution < 1.29 is 9.47 Å². The molecule has 4 aliphatic rings. The van der Waals surface area contributed by atoms with Gasteiger partial charge in [-0.3, -0.25) is 0 Å². The summed E-state index contributed by atoms with van der Waals surface area (Å²) in [6.45, 7) is 11.0. The molecule has 8 rings (SSSR count). The van der Waals surface area contributed by atoms with Gasteiger partial charge in [-0.25, -0.2) is 14.3 Å². The zero-order chi connectivity index (χ0) is 30.1. The molecule has 2 aliphatic carbocycles. The van der Waals surface area contributed by atoms with Crippen LogP contribution in [0.15, 0.2) is 30.3 Å². The molecular formula is C37H47N5O2. The number of hydrogen-bond acceptors (Lipinski definition) is 5. The molecule has 0 radical (unpaired) electrons. The van der Waals surface area contributed by atoms with Gasteiger partial charge >= 0.3 is 0 Å². The first-order chi connectivity index (χ1) is 21.3. The van der Waals surface area contributed by atoms with Crippen LogP contribution in [0.25, 0.3) is 33.5 Å². The predicted octanol–water partition coefficient (Wildman–Crippen LogP) is 8.59. The van der Waals surface area contributed by atoms with E-state index in [9.17, 15) is 0 Å². The summed E-state index contributed by atoms with van der Waals surface area (Å²) in [5.41, 5.74) is 9.57. The van der Waals surface area contributed by atoms with E-state index in [-0.39, 0.29) is 23.3 Å². The Bertz CT molecular complexity index is 1700. The minimum Gasteiger partial charge on any atom is -0.356 e. The lowest BCUT2D eigenvalue weighted by molar-refractivity contribution is -0.0387.